The van der Waals surface area contributed by atoms with Gasteiger partial charge >= 0.3 is 0 Å². The zero-order chi connectivity index (χ0) is 21.2. The molecule has 31 heavy (non-hydrogen) atoms. The van der Waals surface area contributed by atoms with Crippen LogP contribution in [-0.2, 0) is 0 Å². The summed E-state index contributed by atoms with van der Waals surface area (Å²) in [5, 5.41) is 3.62. The number of aromatic nitrogens is 1. The van der Waals surface area contributed by atoms with Gasteiger partial charge in [-0.25, -0.2) is 9.98 Å². The molecule has 7 nitrogen and oxygen atoms in total. The van der Waals surface area contributed by atoms with Crippen molar-refractivity contribution in [2.75, 3.05) is 18.5 Å². The summed E-state index contributed by atoms with van der Waals surface area (Å²) in [5.74, 6) is 1.39. The van der Waals surface area contributed by atoms with E-state index in [1.165, 1.54) is 0 Å². The summed E-state index contributed by atoms with van der Waals surface area (Å²) in [6.07, 6.45) is 0. The summed E-state index contributed by atoms with van der Waals surface area (Å²) < 4.78 is 17.2. The van der Waals surface area contributed by atoms with Crippen molar-refractivity contribution >= 4 is 28.4 Å². The van der Waals surface area contributed by atoms with Crippen molar-refractivity contribution in [2.24, 2.45) is 4.99 Å². The number of nitrogens with zero attached hydrogens (tertiary/aromatic N) is 2. The maximum absolute atomic E-state index is 13.1. The van der Waals surface area contributed by atoms with Crippen LogP contribution in [0.3, 0.4) is 0 Å². The van der Waals surface area contributed by atoms with E-state index in [2.05, 4.69) is 15.3 Å². The Morgan fingerprint density at radius 2 is 1.81 bits per heavy atom. The van der Waals surface area contributed by atoms with Gasteiger partial charge in [-0.2, -0.15) is 0 Å². The smallest absolute Gasteiger partial charge is 0.262 e. The molecule has 0 atom stereocenters. The first kappa shape index (κ1) is 18.9. The highest BCUT2D eigenvalue weighted by atomic mass is 16.6. The zero-order valence-corrected chi connectivity index (χ0v) is 16.8. The number of amides is 1. The van der Waals surface area contributed by atoms with Crippen LogP contribution in [0, 0.1) is 6.92 Å². The number of anilines is 1. The van der Waals surface area contributed by atoms with E-state index >= 15 is 0 Å². The quantitative estimate of drug-likeness (QED) is 0.538. The molecular formula is C24H19N3O4. The molecule has 3 heterocycles. The van der Waals surface area contributed by atoms with E-state index in [0.717, 1.165) is 11.1 Å². The van der Waals surface area contributed by atoms with E-state index in [0.29, 0.717) is 47.4 Å². The lowest BCUT2D eigenvalue weighted by Gasteiger charge is -2.18. The van der Waals surface area contributed by atoms with Crippen molar-refractivity contribution in [2.45, 2.75) is 6.92 Å². The molecule has 1 aliphatic heterocycles. The third-order valence-electron chi connectivity index (χ3n) is 4.79. The minimum atomic E-state index is -0.358. The monoisotopic (exact) mass is 413 g/mol. The molecule has 2 aromatic carbocycles. The molecular weight excluding hydrogens is 394 g/mol. The molecule has 0 radical (unpaired) electrons. The van der Waals surface area contributed by atoms with Crippen LogP contribution < -0.4 is 20.3 Å². The summed E-state index contributed by atoms with van der Waals surface area (Å²) in [7, 11) is 0. The van der Waals surface area contributed by atoms with Crippen molar-refractivity contribution in [1.82, 2.24) is 4.98 Å². The number of ether oxygens (including phenoxy) is 2. The maximum atomic E-state index is 13.1. The summed E-state index contributed by atoms with van der Waals surface area (Å²) in [6.45, 7) is 2.86. The van der Waals surface area contributed by atoms with Gasteiger partial charge in [-0.15, -0.1) is 0 Å². The van der Waals surface area contributed by atoms with E-state index in [4.69, 9.17) is 13.9 Å². The third-order valence-corrected chi connectivity index (χ3v) is 4.79. The molecule has 1 amide bonds. The highest BCUT2D eigenvalue weighted by molar-refractivity contribution is 6.04. The normalized spacial score (nSPS) is 13.3. The van der Waals surface area contributed by atoms with Crippen molar-refractivity contribution in [3.05, 3.63) is 83.5 Å². The van der Waals surface area contributed by atoms with Gasteiger partial charge < -0.3 is 19.2 Å². The van der Waals surface area contributed by atoms with Gasteiger partial charge in [0.15, 0.2) is 11.5 Å². The molecule has 4 aromatic rings. The predicted molar refractivity (Wildman–Crippen MR) is 116 cm³/mol. The Labute approximate surface area is 178 Å². The molecule has 0 unspecified atom stereocenters. The van der Waals surface area contributed by atoms with Crippen molar-refractivity contribution < 1.29 is 18.7 Å². The van der Waals surface area contributed by atoms with Gasteiger partial charge in [0.1, 0.15) is 30.2 Å². The van der Waals surface area contributed by atoms with Crippen LogP contribution in [0.5, 0.6) is 11.5 Å². The number of pyridine rings is 1. The molecule has 7 heteroatoms. The summed E-state index contributed by atoms with van der Waals surface area (Å²) >= 11 is 0. The number of hydrogen-bond acceptors (Lipinski definition) is 6. The molecule has 0 bridgehead atoms. The lowest BCUT2D eigenvalue weighted by Crippen LogP contribution is -2.22. The highest BCUT2D eigenvalue weighted by Crippen LogP contribution is 2.33. The number of rotatable bonds is 3. The molecule has 0 fully saturated rings. The van der Waals surface area contributed by atoms with Crippen LogP contribution in [0.2, 0.25) is 0 Å². The molecule has 5 rings (SSSR count). The van der Waals surface area contributed by atoms with Gasteiger partial charge in [0.05, 0.1) is 5.69 Å². The van der Waals surface area contributed by atoms with Crippen LogP contribution in [0.1, 0.15) is 16.1 Å². The van der Waals surface area contributed by atoms with Crippen LogP contribution >= 0.6 is 0 Å². The number of aryl methyl sites for hydroxylation is 1. The number of benzene rings is 2. The second-order valence-electron chi connectivity index (χ2n) is 7.06. The zero-order valence-electron chi connectivity index (χ0n) is 16.8. The largest absolute Gasteiger partial charge is 0.486 e. The standard InChI is InChI=1S/C24H19N3O4/c1-15-5-4-8-22(25-15)27-23(28)18-13-16-6-2-3-7-19(16)31-24(18)26-17-9-10-20-21(14-17)30-12-11-29-20/h2-10,13-14H,11-12H2,1H3,(H,25,27,28). The summed E-state index contributed by atoms with van der Waals surface area (Å²) in [6, 6.07) is 20.0. The van der Waals surface area contributed by atoms with Crippen molar-refractivity contribution in [1.29, 1.82) is 0 Å². The molecule has 0 aliphatic carbocycles. The van der Waals surface area contributed by atoms with Gasteiger partial charge in [0.2, 0.25) is 5.55 Å². The van der Waals surface area contributed by atoms with Crippen LogP contribution in [0.25, 0.3) is 11.0 Å². The lowest BCUT2D eigenvalue weighted by molar-refractivity contribution is 0.102. The first-order chi connectivity index (χ1) is 15.2. The molecule has 154 valence electrons. The fourth-order valence-corrected chi connectivity index (χ4v) is 3.33. The highest BCUT2D eigenvalue weighted by Gasteiger charge is 2.15. The summed E-state index contributed by atoms with van der Waals surface area (Å²) in [5.41, 5.74) is 2.52. The number of hydrogen-bond donors (Lipinski definition) is 1. The van der Waals surface area contributed by atoms with Crippen molar-refractivity contribution in [3.8, 4) is 11.5 Å². The number of carbonyl (C=O) groups is 1. The minimum absolute atomic E-state index is 0.195. The first-order valence-electron chi connectivity index (χ1n) is 9.88. The molecule has 1 N–H and O–H groups in total. The minimum Gasteiger partial charge on any atom is -0.486 e. The second kappa shape index (κ2) is 7.95. The Morgan fingerprint density at radius 3 is 2.68 bits per heavy atom. The second-order valence-corrected chi connectivity index (χ2v) is 7.06. The SMILES string of the molecule is Cc1cccc(NC(=O)c2cc3ccccc3oc2=Nc2ccc3c(c2)OCCO3)n1. The Morgan fingerprint density at radius 1 is 0.968 bits per heavy atom. The summed E-state index contributed by atoms with van der Waals surface area (Å²) in [4.78, 5) is 22.0. The topological polar surface area (TPSA) is 86.0 Å². The average molecular weight is 413 g/mol. The van der Waals surface area contributed by atoms with Crippen molar-refractivity contribution in [3.63, 3.8) is 0 Å². The third kappa shape index (κ3) is 3.98. The predicted octanol–water partition coefficient (Wildman–Crippen LogP) is 4.39. The van der Waals surface area contributed by atoms with E-state index in [1.807, 2.05) is 43.3 Å². The number of para-hydroxylation sites is 1. The Bertz CT molecular complexity index is 1360. The van der Waals surface area contributed by atoms with E-state index < -0.39 is 0 Å². The van der Waals surface area contributed by atoms with E-state index in [9.17, 15) is 4.79 Å². The van der Waals surface area contributed by atoms with Crippen LogP contribution in [0.4, 0.5) is 11.5 Å². The van der Waals surface area contributed by atoms with Gasteiger partial charge in [0, 0.05) is 17.1 Å². The number of nitrogens with one attached hydrogen (secondary N) is 1. The molecule has 0 spiro atoms. The molecule has 1 aliphatic rings. The maximum Gasteiger partial charge on any atom is 0.262 e. The van der Waals surface area contributed by atoms with E-state index in [1.54, 1.807) is 30.3 Å². The van der Waals surface area contributed by atoms with Gasteiger partial charge in [-0.3, -0.25) is 4.79 Å². The van der Waals surface area contributed by atoms with Crippen LogP contribution in [0.15, 0.2) is 76.1 Å². The number of fused-ring (bicyclic) bond motifs is 2. The van der Waals surface area contributed by atoms with Gasteiger partial charge in [-0.1, -0.05) is 24.3 Å². The number of carbonyl (C=O) groups excluding carboxylic acids is 1. The fraction of sp³-hybridized carbons (Fsp3) is 0.125. The fourth-order valence-electron chi connectivity index (χ4n) is 3.33. The molecule has 0 saturated heterocycles. The van der Waals surface area contributed by atoms with Gasteiger partial charge in [-0.05, 0) is 43.3 Å². The van der Waals surface area contributed by atoms with E-state index in [-0.39, 0.29) is 11.5 Å². The average Bonchev–Trinajstić information content (AvgIpc) is 2.78. The first-order valence-corrected chi connectivity index (χ1v) is 9.88. The Balaban J connectivity index is 1.61. The lowest BCUT2D eigenvalue weighted by atomic mass is 10.1. The van der Waals surface area contributed by atoms with Crippen LogP contribution in [-0.4, -0.2) is 24.1 Å². The van der Waals surface area contributed by atoms with Gasteiger partial charge in [0.25, 0.3) is 5.91 Å². The molecule has 0 saturated carbocycles. The molecule has 2 aromatic heterocycles. The Kier molecular flexibility index (Phi) is 4.84. The Hall–Kier alpha value is -4.13.